The lowest BCUT2D eigenvalue weighted by molar-refractivity contribution is 0.893. The van der Waals surface area contributed by atoms with Crippen molar-refractivity contribution in [1.82, 2.24) is 15.0 Å². The van der Waals surface area contributed by atoms with E-state index in [0.717, 1.165) is 34.1 Å². The minimum absolute atomic E-state index is 0.0622. The highest BCUT2D eigenvalue weighted by Gasteiger charge is 2.07. The van der Waals surface area contributed by atoms with Gasteiger partial charge in [0.25, 0.3) is 0 Å². The van der Waals surface area contributed by atoms with Crippen LogP contribution in [0.15, 0.2) is 23.1 Å². The number of rotatable bonds is 2. The number of fused-ring (bicyclic) bond motifs is 2. The summed E-state index contributed by atoms with van der Waals surface area (Å²) in [6.07, 6.45) is 3.76. The van der Waals surface area contributed by atoms with Crippen LogP contribution < -0.4 is 4.87 Å². The lowest BCUT2D eigenvalue weighted by Gasteiger charge is -2.03. The van der Waals surface area contributed by atoms with Gasteiger partial charge in [0.05, 0.1) is 10.2 Å². The van der Waals surface area contributed by atoms with Crippen molar-refractivity contribution in [2.24, 2.45) is 0 Å². The van der Waals surface area contributed by atoms with Crippen molar-refractivity contribution in [2.75, 3.05) is 0 Å². The van der Waals surface area contributed by atoms with E-state index in [1.807, 2.05) is 12.1 Å². The van der Waals surface area contributed by atoms with E-state index in [9.17, 15) is 4.79 Å². The van der Waals surface area contributed by atoms with Gasteiger partial charge >= 0.3 is 4.87 Å². The second-order valence-electron chi connectivity index (χ2n) is 3.92. The average Bonchev–Trinajstić information content (AvgIpc) is 2.66. The van der Waals surface area contributed by atoms with Crippen molar-refractivity contribution >= 4 is 32.6 Å². The number of hydrogen-bond donors (Lipinski definition) is 1. The van der Waals surface area contributed by atoms with Crippen molar-refractivity contribution in [1.29, 1.82) is 0 Å². The molecule has 86 valence electrons. The number of hydrogen-bond acceptors (Lipinski definition) is 4. The quantitative estimate of drug-likeness (QED) is 0.754. The van der Waals surface area contributed by atoms with Gasteiger partial charge in [0, 0.05) is 17.3 Å². The third-order valence-electron chi connectivity index (χ3n) is 2.70. The number of nitrogens with zero attached hydrogens (tertiary/aromatic N) is 2. The van der Waals surface area contributed by atoms with Gasteiger partial charge in [-0.3, -0.25) is 14.8 Å². The summed E-state index contributed by atoms with van der Waals surface area (Å²) in [6, 6.07) is 3.89. The Morgan fingerprint density at radius 1 is 1.47 bits per heavy atom. The number of thiazole rings is 1. The summed E-state index contributed by atoms with van der Waals surface area (Å²) in [7, 11) is 0. The van der Waals surface area contributed by atoms with E-state index in [1.165, 1.54) is 11.3 Å². The van der Waals surface area contributed by atoms with E-state index in [1.54, 1.807) is 6.20 Å². The van der Waals surface area contributed by atoms with Gasteiger partial charge in [0.15, 0.2) is 5.65 Å². The van der Waals surface area contributed by atoms with Gasteiger partial charge in [0.2, 0.25) is 0 Å². The second-order valence-corrected chi connectivity index (χ2v) is 4.94. The first-order valence-electron chi connectivity index (χ1n) is 5.55. The van der Waals surface area contributed by atoms with Crippen LogP contribution in [0.3, 0.4) is 0 Å². The predicted octanol–water partition coefficient (Wildman–Crippen LogP) is 2.49. The first kappa shape index (κ1) is 10.4. The monoisotopic (exact) mass is 245 g/mol. The summed E-state index contributed by atoms with van der Waals surface area (Å²) < 4.78 is 0.896. The SMILES string of the molecule is CCCc1nccc2nc3[nH]c(=O)sc3cc12. The maximum absolute atomic E-state index is 11.3. The van der Waals surface area contributed by atoms with E-state index in [2.05, 4.69) is 21.9 Å². The lowest BCUT2D eigenvalue weighted by Crippen LogP contribution is -1.93. The summed E-state index contributed by atoms with van der Waals surface area (Å²) in [5, 5.41) is 1.05. The molecule has 3 rings (SSSR count). The Morgan fingerprint density at radius 3 is 3.18 bits per heavy atom. The average molecular weight is 245 g/mol. The molecule has 0 bridgehead atoms. The first-order valence-corrected chi connectivity index (χ1v) is 6.37. The van der Waals surface area contributed by atoms with Gasteiger partial charge in [-0.2, -0.15) is 0 Å². The highest BCUT2D eigenvalue weighted by atomic mass is 32.1. The van der Waals surface area contributed by atoms with Gasteiger partial charge in [0.1, 0.15) is 0 Å². The van der Waals surface area contributed by atoms with Crippen molar-refractivity contribution in [3.8, 4) is 0 Å². The first-order chi connectivity index (χ1) is 8.28. The zero-order valence-electron chi connectivity index (χ0n) is 9.36. The van der Waals surface area contributed by atoms with E-state index in [-0.39, 0.29) is 4.87 Å². The lowest BCUT2D eigenvalue weighted by atomic mass is 10.1. The van der Waals surface area contributed by atoms with Crippen LogP contribution >= 0.6 is 11.3 Å². The molecule has 4 nitrogen and oxygen atoms in total. The van der Waals surface area contributed by atoms with Gasteiger partial charge in [-0.25, -0.2) is 4.98 Å². The highest BCUT2D eigenvalue weighted by molar-refractivity contribution is 7.16. The molecule has 0 spiro atoms. The Kier molecular flexibility index (Phi) is 2.40. The maximum atomic E-state index is 11.3. The van der Waals surface area contributed by atoms with Crippen LogP contribution in [0.5, 0.6) is 0 Å². The van der Waals surface area contributed by atoms with Crippen LogP contribution in [0.2, 0.25) is 0 Å². The third kappa shape index (κ3) is 1.72. The number of aryl methyl sites for hydroxylation is 1. The number of aromatic nitrogens is 3. The van der Waals surface area contributed by atoms with E-state index in [4.69, 9.17) is 0 Å². The standard InChI is InChI=1S/C12H11N3OS/c1-2-3-8-7-6-10-11(15-12(16)17-10)14-9(7)4-5-13-8/h4-6H,2-3H2,1H3,(H,14,15,16). The summed E-state index contributed by atoms with van der Waals surface area (Å²) in [4.78, 5) is 22.8. The van der Waals surface area contributed by atoms with E-state index in [0.29, 0.717) is 5.65 Å². The molecule has 0 unspecified atom stereocenters. The van der Waals surface area contributed by atoms with Gasteiger partial charge in [-0.05, 0) is 18.6 Å². The number of nitrogens with one attached hydrogen (secondary N) is 1. The van der Waals surface area contributed by atoms with Gasteiger partial charge in [-0.1, -0.05) is 24.7 Å². The molecule has 0 atom stereocenters. The molecule has 17 heavy (non-hydrogen) atoms. The summed E-state index contributed by atoms with van der Waals surface area (Å²) in [6.45, 7) is 2.13. The minimum atomic E-state index is -0.0622. The molecule has 1 N–H and O–H groups in total. The van der Waals surface area contributed by atoms with Crippen molar-refractivity contribution in [2.45, 2.75) is 19.8 Å². The number of H-pyrrole nitrogens is 1. The molecule has 0 radical (unpaired) electrons. The Labute approximate surface area is 101 Å². The molecule has 0 aliphatic rings. The van der Waals surface area contributed by atoms with Gasteiger partial charge < -0.3 is 0 Å². The molecule has 0 amide bonds. The van der Waals surface area contributed by atoms with Crippen LogP contribution in [0.1, 0.15) is 19.0 Å². The van der Waals surface area contributed by atoms with E-state index < -0.39 is 0 Å². The molecule has 0 saturated carbocycles. The highest BCUT2D eigenvalue weighted by Crippen LogP contribution is 2.22. The van der Waals surface area contributed by atoms with Crippen molar-refractivity contribution in [3.05, 3.63) is 33.7 Å². The summed E-state index contributed by atoms with van der Waals surface area (Å²) >= 11 is 1.19. The molecule has 0 fully saturated rings. The number of pyridine rings is 2. The summed E-state index contributed by atoms with van der Waals surface area (Å²) in [5.74, 6) is 0. The fourth-order valence-electron chi connectivity index (χ4n) is 1.96. The Bertz CT molecular complexity index is 744. The van der Waals surface area contributed by atoms with Crippen molar-refractivity contribution in [3.63, 3.8) is 0 Å². The zero-order valence-corrected chi connectivity index (χ0v) is 10.2. The molecular weight excluding hydrogens is 234 g/mol. The largest absolute Gasteiger partial charge is 0.306 e. The smallest absolute Gasteiger partial charge is 0.297 e. The molecule has 3 aromatic heterocycles. The molecule has 0 aromatic carbocycles. The Balaban J connectivity index is 2.38. The van der Waals surface area contributed by atoms with E-state index >= 15 is 0 Å². The van der Waals surface area contributed by atoms with Crippen LogP contribution in [-0.2, 0) is 6.42 Å². The van der Waals surface area contributed by atoms with Crippen LogP contribution in [0.4, 0.5) is 0 Å². The summed E-state index contributed by atoms with van der Waals surface area (Å²) in [5.41, 5.74) is 2.62. The van der Waals surface area contributed by atoms with Crippen LogP contribution in [-0.4, -0.2) is 15.0 Å². The second kappa shape index (κ2) is 3.92. The fraction of sp³-hybridized carbons (Fsp3) is 0.250. The Hall–Kier alpha value is -1.75. The topological polar surface area (TPSA) is 58.6 Å². The molecular formula is C12H11N3OS. The maximum Gasteiger partial charge on any atom is 0.306 e. The third-order valence-corrected chi connectivity index (χ3v) is 3.52. The minimum Gasteiger partial charge on any atom is -0.297 e. The Morgan fingerprint density at radius 2 is 2.35 bits per heavy atom. The normalized spacial score (nSPS) is 11.4. The zero-order chi connectivity index (χ0) is 11.8. The number of aromatic amines is 1. The van der Waals surface area contributed by atoms with Crippen molar-refractivity contribution < 1.29 is 0 Å². The van der Waals surface area contributed by atoms with Crippen LogP contribution in [0, 0.1) is 0 Å². The molecule has 0 aliphatic carbocycles. The molecule has 0 saturated heterocycles. The van der Waals surface area contributed by atoms with Crippen LogP contribution in [0.25, 0.3) is 21.3 Å². The molecule has 5 heteroatoms. The molecule has 0 aliphatic heterocycles. The molecule has 3 aromatic rings. The predicted molar refractivity (Wildman–Crippen MR) is 69.5 cm³/mol. The van der Waals surface area contributed by atoms with Gasteiger partial charge in [-0.15, -0.1) is 0 Å². The fourth-order valence-corrected chi connectivity index (χ4v) is 2.68. The molecule has 3 heterocycles.